The zero-order valence-electron chi connectivity index (χ0n) is 25.0. The second-order valence-corrected chi connectivity index (χ2v) is 35.0. The molecule has 0 rings (SSSR count). The first-order valence-electron chi connectivity index (χ1n) is 14.8. The molecule has 0 radical (unpaired) electrons. The van der Waals surface area contributed by atoms with E-state index in [2.05, 4.69) is 62.3 Å². The molecule has 0 aliphatic carbocycles. The zero-order valence-corrected chi connectivity index (χ0v) is 33.6. The first kappa shape index (κ1) is 43.4. The Morgan fingerprint density at radius 2 is 0.412 bits per heavy atom. The fourth-order valence-electron chi connectivity index (χ4n) is 4.31. The van der Waals surface area contributed by atoms with Gasteiger partial charge < -0.3 is 15.1 Å². The monoisotopic (exact) mass is 806 g/mol. The van der Waals surface area contributed by atoms with Gasteiger partial charge in [0.25, 0.3) is 0 Å². The van der Waals surface area contributed by atoms with Gasteiger partial charge in [0.15, 0.2) is 0 Å². The van der Waals surface area contributed by atoms with Crippen molar-refractivity contribution < 1.29 is 15.1 Å². The molecule has 0 saturated heterocycles. The van der Waals surface area contributed by atoms with Crippen LogP contribution in [0.2, 0.25) is 39.9 Å². The molecule has 0 aliphatic heterocycles. The number of hydrogen-bond acceptors (Lipinski definition) is 3. The molecule has 3 nitrogen and oxygen atoms in total. The van der Waals surface area contributed by atoms with E-state index in [4.69, 9.17) is 15.1 Å². The van der Waals surface area contributed by atoms with E-state index in [1.54, 1.807) is 39.9 Å². The van der Waals surface area contributed by atoms with Crippen molar-refractivity contribution >= 4 is 66.6 Å². The molecule has 0 bridgehead atoms. The maximum atomic E-state index is 8.42. The van der Waals surface area contributed by atoms with Crippen molar-refractivity contribution in [1.29, 1.82) is 0 Å². The van der Waals surface area contributed by atoms with Crippen LogP contribution in [-0.4, -0.2) is 66.6 Å². The fourth-order valence-corrected chi connectivity index (χ4v) is 28.9. The number of hydrogen-bond donors (Lipinski definition) is 0. The van der Waals surface area contributed by atoms with Crippen molar-refractivity contribution in [2.24, 2.45) is 0 Å². The van der Waals surface area contributed by atoms with Crippen LogP contribution in [0.4, 0.5) is 0 Å². The molecule has 0 aliphatic rings. The summed E-state index contributed by atoms with van der Waals surface area (Å²) in [4.78, 5) is 0. The largest absolute Gasteiger partial charge is 0.907 e. The Hall–Kier alpha value is 2.34. The molecule has 0 amide bonds. The molecule has 0 unspecified atom stereocenters. The van der Waals surface area contributed by atoms with Crippen LogP contribution in [0, 0.1) is 0 Å². The van der Waals surface area contributed by atoms with Gasteiger partial charge in [0, 0.05) is 0 Å². The van der Waals surface area contributed by atoms with Gasteiger partial charge in [0.1, 0.15) is 0 Å². The maximum Gasteiger partial charge on any atom is -0.278 e. The normalized spacial score (nSPS) is 9.53. The SMILES string of the molecule is CC[CH2][Sn+]([CH2]CC)[CH2]CC.CC[CH2][Sn+]([CH2]CC)[CH2]CC.CC[CH2][Sn+]([CH2]CC)[CH2]CC.[O-]B([O-])[O-]. The molecule has 0 aromatic carbocycles. The molecule has 0 heterocycles. The van der Waals surface area contributed by atoms with Gasteiger partial charge in [-0.05, 0) is 0 Å². The minimum Gasteiger partial charge on any atom is -0.907 e. The predicted molar refractivity (Wildman–Crippen MR) is 159 cm³/mol. The number of rotatable bonds is 18. The predicted octanol–water partition coefficient (Wildman–Crippen LogP) is 7.19. The summed E-state index contributed by atoms with van der Waals surface area (Å²) >= 11 is -2.28. The van der Waals surface area contributed by atoms with Crippen LogP contribution in [0.15, 0.2) is 0 Å². The summed E-state index contributed by atoms with van der Waals surface area (Å²) < 4.78 is 14.8. The summed E-state index contributed by atoms with van der Waals surface area (Å²) in [7, 11) is -2.92. The van der Waals surface area contributed by atoms with E-state index in [0.717, 1.165) is 0 Å². The van der Waals surface area contributed by atoms with Crippen molar-refractivity contribution in [3.8, 4) is 0 Å². The summed E-state index contributed by atoms with van der Waals surface area (Å²) in [6.07, 6.45) is 13.1. The molecule has 0 saturated carbocycles. The fraction of sp³-hybridized carbons (Fsp3) is 1.00. The molecular weight excluding hydrogens is 739 g/mol. The average Bonchev–Trinajstić information content (AvgIpc) is 2.76. The summed E-state index contributed by atoms with van der Waals surface area (Å²) in [6.45, 7) is 21.1. The minimum atomic E-state index is -2.92. The zero-order chi connectivity index (χ0) is 27.0. The molecule has 0 atom stereocenters. The van der Waals surface area contributed by atoms with Crippen molar-refractivity contribution in [2.45, 2.75) is 160 Å². The third-order valence-corrected chi connectivity index (χ3v) is 36.4. The van der Waals surface area contributed by atoms with Crippen LogP contribution < -0.4 is 15.1 Å². The third kappa shape index (κ3) is 44.3. The first-order chi connectivity index (χ1) is 16.3. The Bertz CT molecular complexity index is 239. The average molecular weight is 803 g/mol. The Morgan fingerprint density at radius 1 is 0.324 bits per heavy atom. The summed E-state index contributed by atoms with van der Waals surface area (Å²) in [5, 5.41) is 25.2. The topological polar surface area (TPSA) is 69.2 Å². The maximum absolute atomic E-state index is 8.42. The van der Waals surface area contributed by atoms with Crippen LogP contribution >= 0.6 is 0 Å². The summed E-state index contributed by atoms with van der Waals surface area (Å²) in [5.74, 6) is 0. The van der Waals surface area contributed by atoms with Crippen LogP contribution in [0.3, 0.4) is 0 Å². The van der Waals surface area contributed by atoms with Crippen LogP contribution in [0.25, 0.3) is 0 Å². The first-order valence-corrected chi connectivity index (χ1v) is 32.9. The molecule has 0 spiro atoms. The van der Waals surface area contributed by atoms with Crippen LogP contribution in [-0.2, 0) is 0 Å². The Morgan fingerprint density at radius 3 is 0.471 bits per heavy atom. The minimum absolute atomic E-state index is 0.759. The van der Waals surface area contributed by atoms with E-state index in [9.17, 15) is 0 Å². The van der Waals surface area contributed by atoms with Crippen molar-refractivity contribution in [3.63, 3.8) is 0 Å². The molecule has 0 N–H and O–H groups in total. The van der Waals surface area contributed by atoms with E-state index in [1.165, 1.54) is 57.8 Å². The van der Waals surface area contributed by atoms with E-state index in [-0.39, 0.29) is 0 Å². The van der Waals surface area contributed by atoms with Gasteiger partial charge in [-0.2, -0.15) is 0 Å². The molecule has 0 aromatic rings. The molecule has 0 fully saturated rings. The third-order valence-electron chi connectivity index (χ3n) is 5.43. The molecule has 34 heavy (non-hydrogen) atoms. The molecule has 7 heteroatoms. The Balaban J connectivity index is -0.000000184. The standard InChI is InChI=1S/9C3H7.BO3.3Sn/c9*1-3-2;2-1(3)4;;;/h9*1,3H2,2H3;;;;/q;;;;;;;;;-3;3*+1. The van der Waals surface area contributed by atoms with Crippen molar-refractivity contribution in [3.05, 3.63) is 0 Å². The second kappa shape index (κ2) is 39.8. The summed E-state index contributed by atoms with van der Waals surface area (Å²) in [5.41, 5.74) is 0. The van der Waals surface area contributed by atoms with Gasteiger partial charge in [0.05, 0.1) is 0 Å². The van der Waals surface area contributed by atoms with E-state index >= 15 is 0 Å². The van der Waals surface area contributed by atoms with Gasteiger partial charge in [0.2, 0.25) is 0 Å². The molecule has 0 aromatic heterocycles. The van der Waals surface area contributed by atoms with Crippen molar-refractivity contribution in [2.75, 3.05) is 0 Å². The Labute approximate surface area is 239 Å². The van der Waals surface area contributed by atoms with Gasteiger partial charge in [-0.1, -0.05) is 0 Å². The smallest absolute Gasteiger partial charge is 0.278 e. The Kier molecular flexibility index (Phi) is 50.9. The van der Waals surface area contributed by atoms with E-state index < -0.39 is 66.6 Å². The van der Waals surface area contributed by atoms with Crippen molar-refractivity contribution in [1.82, 2.24) is 0 Å². The van der Waals surface area contributed by atoms with E-state index in [1.807, 2.05) is 0 Å². The summed E-state index contributed by atoms with van der Waals surface area (Å²) in [6, 6.07) is 0. The molecular formula is C27H63BO3Sn3. The van der Waals surface area contributed by atoms with Gasteiger partial charge in [-0.3, -0.25) is 7.32 Å². The van der Waals surface area contributed by atoms with E-state index in [0.29, 0.717) is 0 Å². The van der Waals surface area contributed by atoms with Crippen LogP contribution in [0.5, 0.6) is 0 Å². The second-order valence-electron chi connectivity index (χ2n) is 9.29. The van der Waals surface area contributed by atoms with Gasteiger partial charge in [-0.25, -0.2) is 0 Å². The van der Waals surface area contributed by atoms with Gasteiger partial charge in [-0.15, -0.1) is 0 Å². The quantitative estimate of drug-likeness (QED) is 0.138. The van der Waals surface area contributed by atoms with Crippen LogP contribution in [0.1, 0.15) is 120 Å². The van der Waals surface area contributed by atoms with Gasteiger partial charge >= 0.3 is 219 Å². The molecule has 204 valence electrons.